The fourth-order valence-corrected chi connectivity index (χ4v) is 5.47. The summed E-state index contributed by atoms with van der Waals surface area (Å²) in [5.74, 6) is -0.317. The van der Waals surface area contributed by atoms with Crippen molar-refractivity contribution in [2.24, 2.45) is 5.92 Å². The molecule has 1 aromatic carbocycles. The molecule has 0 radical (unpaired) electrons. The van der Waals surface area contributed by atoms with E-state index in [1.807, 2.05) is 35.2 Å². The van der Waals surface area contributed by atoms with Gasteiger partial charge in [0.2, 0.25) is 11.8 Å². The summed E-state index contributed by atoms with van der Waals surface area (Å²) >= 11 is 0. The van der Waals surface area contributed by atoms with Crippen LogP contribution in [-0.2, 0) is 32.7 Å². The topological polar surface area (TPSA) is 98.2 Å². The van der Waals surface area contributed by atoms with Gasteiger partial charge in [-0.15, -0.1) is 0 Å². The van der Waals surface area contributed by atoms with E-state index in [-0.39, 0.29) is 47.8 Å². The van der Waals surface area contributed by atoms with Crippen LogP contribution >= 0.6 is 0 Å². The highest BCUT2D eigenvalue weighted by Gasteiger charge is 2.53. The molecule has 0 N–H and O–H groups in total. The number of nitrogens with zero attached hydrogens (tertiary/aromatic N) is 3. The van der Waals surface area contributed by atoms with Crippen LogP contribution in [0.4, 0.5) is 0 Å². The van der Waals surface area contributed by atoms with E-state index >= 15 is 0 Å². The van der Waals surface area contributed by atoms with E-state index in [1.165, 1.54) is 13.2 Å². The van der Waals surface area contributed by atoms with Crippen LogP contribution in [0.5, 0.6) is 5.75 Å². The smallest absolute Gasteiger partial charge is 0.343 e. The molecule has 5 rings (SSSR count). The Morgan fingerprint density at radius 3 is 2.47 bits per heavy atom. The molecule has 1 atom stereocenters. The lowest BCUT2D eigenvalue weighted by molar-refractivity contribution is -0.134. The van der Waals surface area contributed by atoms with Crippen molar-refractivity contribution in [3.05, 3.63) is 63.6 Å². The summed E-state index contributed by atoms with van der Waals surface area (Å²) in [5, 5.41) is 0. The molecule has 9 heteroatoms. The summed E-state index contributed by atoms with van der Waals surface area (Å²) < 4.78 is 12.6. The number of carbonyl (C=O) groups is 3. The molecule has 36 heavy (non-hydrogen) atoms. The number of methoxy groups -OCH3 is 1. The molecule has 3 heterocycles. The average Bonchev–Trinajstić information content (AvgIpc) is 3.66. The first-order valence-corrected chi connectivity index (χ1v) is 12.4. The van der Waals surface area contributed by atoms with Crippen molar-refractivity contribution >= 4 is 17.8 Å². The fraction of sp³-hybridized carbons (Fsp3) is 0.481. The van der Waals surface area contributed by atoms with Crippen molar-refractivity contribution in [3.63, 3.8) is 0 Å². The van der Waals surface area contributed by atoms with Crippen molar-refractivity contribution in [2.75, 3.05) is 40.4 Å². The molecule has 190 valence electrons. The van der Waals surface area contributed by atoms with Gasteiger partial charge in [-0.1, -0.05) is 30.3 Å². The highest BCUT2D eigenvalue weighted by Crippen LogP contribution is 2.49. The quantitative estimate of drug-likeness (QED) is 0.567. The van der Waals surface area contributed by atoms with Crippen LogP contribution in [0.25, 0.3) is 0 Å². The number of carbonyl (C=O) groups excluding carboxylic acids is 3. The largest absolute Gasteiger partial charge is 0.492 e. The maximum atomic E-state index is 13.6. The zero-order valence-electron chi connectivity index (χ0n) is 20.7. The van der Waals surface area contributed by atoms with Crippen molar-refractivity contribution < 1.29 is 23.9 Å². The second kappa shape index (κ2) is 9.44. The zero-order chi connectivity index (χ0) is 25.4. The van der Waals surface area contributed by atoms with E-state index in [2.05, 4.69) is 0 Å². The van der Waals surface area contributed by atoms with Gasteiger partial charge in [0.05, 0.1) is 19.1 Å². The maximum Gasteiger partial charge on any atom is 0.343 e. The summed E-state index contributed by atoms with van der Waals surface area (Å²) in [5.41, 5.74) is 0.979. The number of hydrogen-bond acceptors (Lipinski definition) is 6. The van der Waals surface area contributed by atoms with Gasteiger partial charge in [0.25, 0.3) is 5.56 Å². The number of ether oxygens (including phenoxy) is 2. The Labute approximate surface area is 209 Å². The Morgan fingerprint density at radius 2 is 1.83 bits per heavy atom. The molecule has 3 aliphatic rings. The minimum absolute atomic E-state index is 0.0182. The number of rotatable bonds is 6. The number of hydrogen-bond donors (Lipinski definition) is 0. The van der Waals surface area contributed by atoms with Crippen molar-refractivity contribution in [1.82, 2.24) is 14.4 Å². The van der Waals surface area contributed by atoms with Gasteiger partial charge in [-0.2, -0.15) is 0 Å². The Morgan fingerprint density at radius 1 is 1.08 bits per heavy atom. The fourth-order valence-electron chi connectivity index (χ4n) is 5.47. The van der Waals surface area contributed by atoms with Crippen LogP contribution in [0.15, 0.2) is 41.2 Å². The summed E-state index contributed by atoms with van der Waals surface area (Å²) in [6.45, 7) is 1.85. The van der Waals surface area contributed by atoms with Gasteiger partial charge in [0, 0.05) is 63.7 Å². The molecule has 1 aromatic heterocycles. The number of pyridine rings is 1. The lowest BCUT2D eigenvalue weighted by atomic mass is 9.94. The third kappa shape index (κ3) is 4.27. The van der Waals surface area contributed by atoms with Gasteiger partial charge < -0.3 is 23.8 Å². The lowest BCUT2D eigenvalue weighted by Gasteiger charge is -2.26. The molecule has 2 amide bonds. The minimum Gasteiger partial charge on any atom is -0.492 e. The van der Waals surface area contributed by atoms with Gasteiger partial charge >= 0.3 is 5.97 Å². The molecular weight excluding hydrogens is 462 g/mol. The molecule has 2 fully saturated rings. The molecule has 1 aliphatic carbocycles. The third-order valence-corrected chi connectivity index (χ3v) is 7.65. The maximum absolute atomic E-state index is 13.6. The van der Waals surface area contributed by atoms with Gasteiger partial charge in [0.1, 0.15) is 11.3 Å². The average molecular weight is 494 g/mol. The molecule has 1 saturated heterocycles. The van der Waals surface area contributed by atoms with Crippen LogP contribution < -0.4 is 10.3 Å². The molecule has 2 aliphatic heterocycles. The van der Waals surface area contributed by atoms with E-state index < -0.39 is 11.4 Å². The van der Waals surface area contributed by atoms with Crippen molar-refractivity contribution in [2.45, 2.75) is 37.6 Å². The van der Waals surface area contributed by atoms with Crippen molar-refractivity contribution in [1.29, 1.82) is 0 Å². The number of fused-ring (bicyclic) bond motifs is 1. The van der Waals surface area contributed by atoms with Crippen LogP contribution in [0.2, 0.25) is 0 Å². The van der Waals surface area contributed by atoms with Gasteiger partial charge in [0.15, 0.2) is 0 Å². The van der Waals surface area contributed by atoms with Gasteiger partial charge in [-0.05, 0) is 18.4 Å². The van der Waals surface area contributed by atoms with Gasteiger partial charge in [-0.25, -0.2) is 4.79 Å². The Kier molecular flexibility index (Phi) is 6.32. The summed E-state index contributed by atoms with van der Waals surface area (Å²) in [4.78, 5) is 54.8. The first-order valence-electron chi connectivity index (χ1n) is 12.4. The summed E-state index contributed by atoms with van der Waals surface area (Å²) in [6.07, 6.45) is 2.32. The standard InChI is InChI=1S/C27H31N3O6/c1-28-16-18(14-22(28)31)17-36-21-15-23(32)30-13-12-29(11-8-20(30)24(21)25(33)35-2)26(34)27(9-10-27)19-6-4-3-5-7-19/h3-7,15,18H,8-14,16-17H2,1-2H3/t18-/m1/s1. The van der Waals surface area contributed by atoms with Crippen LogP contribution in [0, 0.1) is 5.92 Å². The first-order chi connectivity index (χ1) is 17.3. The van der Waals surface area contributed by atoms with Crippen LogP contribution in [0.1, 0.15) is 40.9 Å². The highest BCUT2D eigenvalue weighted by molar-refractivity contribution is 5.94. The van der Waals surface area contributed by atoms with E-state index in [9.17, 15) is 19.2 Å². The van der Waals surface area contributed by atoms with E-state index in [0.717, 1.165) is 18.4 Å². The molecule has 0 spiro atoms. The number of esters is 1. The monoisotopic (exact) mass is 493 g/mol. The van der Waals surface area contributed by atoms with E-state index in [0.29, 0.717) is 38.2 Å². The summed E-state index contributed by atoms with van der Waals surface area (Å²) in [7, 11) is 3.04. The molecule has 2 aromatic rings. The number of amides is 2. The molecule has 1 saturated carbocycles. The van der Waals surface area contributed by atoms with E-state index in [4.69, 9.17) is 9.47 Å². The molecule has 9 nitrogen and oxygen atoms in total. The normalized spacial score (nSPS) is 20.5. The molecule has 0 bridgehead atoms. The van der Waals surface area contributed by atoms with Crippen LogP contribution in [0.3, 0.4) is 0 Å². The third-order valence-electron chi connectivity index (χ3n) is 7.65. The minimum atomic E-state index is -0.587. The Balaban J connectivity index is 1.39. The predicted molar refractivity (Wildman–Crippen MR) is 131 cm³/mol. The van der Waals surface area contributed by atoms with Crippen molar-refractivity contribution in [3.8, 4) is 5.75 Å². The lowest BCUT2D eigenvalue weighted by Crippen LogP contribution is -2.41. The Hall–Kier alpha value is -3.62. The Bertz CT molecular complexity index is 1250. The van der Waals surface area contributed by atoms with Crippen LogP contribution in [-0.4, -0.2) is 72.5 Å². The van der Waals surface area contributed by atoms with Gasteiger partial charge in [-0.3, -0.25) is 14.4 Å². The summed E-state index contributed by atoms with van der Waals surface area (Å²) in [6, 6.07) is 11.2. The second-order valence-corrected chi connectivity index (χ2v) is 9.96. The number of benzene rings is 1. The SMILES string of the molecule is COC(=O)c1c(OC[C@@H]2CC(=O)N(C)C2)cc(=O)n2c1CCN(C(=O)C1(c3ccccc3)CC1)CC2. The molecule has 0 unspecified atom stereocenters. The predicted octanol–water partition coefficient (Wildman–Crippen LogP) is 1.61. The first kappa shape index (κ1) is 24.1. The second-order valence-electron chi connectivity index (χ2n) is 9.96. The number of likely N-dealkylation sites (tertiary alicyclic amines) is 1. The van der Waals surface area contributed by atoms with E-state index in [1.54, 1.807) is 16.5 Å². The number of aromatic nitrogens is 1. The molecular formula is C27H31N3O6. The zero-order valence-corrected chi connectivity index (χ0v) is 20.7. The highest BCUT2D eigenvalue weighted by atomic mass is 16.5.